The van der Waals surface area contributed by atoms with Gasteiger partial charge in [-0.05, 0) is 101 Å². The number of rotatable bonds is 6. The number of nitrogens with zero attached hydrogens (tertiary/aromatic N) is 6. The molecule has 7 aromatic rings. The van der Waals surface area contributed by atoms with Crippen LogP contribution in [0.15, 0.2) is 188 Å². The largest absolute Gasteiger partial charge is 0.332 e. The average Bonchev–Trinajstić information content (AvgIpc) is 3.67. The predicted molar refractivity (Wildman–Crippen MR) is 255 cm³/mol. The lowest BCUT2D eigenvalue weighted by atomic mass is 9.89. The maximum absolute atomic E-state index is 7.32. The maximum Gasteiger partial charge on any atom is 0.179 e. The molecule has 0 radical (unpaired) electrons. The second-order valence-electron chi connectivity index (χ2n) is 15.0. The van der Waals surface area contributed by atoms with Crippen molar-refractivity contribution in [2.24, 2.45) is 0 Å². The second-order valence-corrected chi connectivity index (χ2v) is 15.0. The Balaban J connectivity index is 0.000000569. The Morgan fingerprint density at radius 2 is 1.38 bits per heavy atom. The van der Waals surface area contributed by atoms with E-state index in [0.29, 0.717) is 5.82 Å². The molecule has 1 atom stereocenters. The molecular formula is C55H52N6. The maximum atomic E-state index is 7.32. The van der Waals surface area contributed by atoms with Crippen LogP contribution in [0.2, 0.25) is 0 Å². The van der Waals surface area contributed by atoms with Crippen LogP contribution in [-0.2, 0) is 6.42 Å². The number of allylic oxidation sites excluding steroid dienone is 8. The number of aromatic nitrogens is 4. The molecule has 1 unspecified atom stereocenters. The highest BCUT2D eigenvalue weighted by Gasteiger charge is 2.32. The van der Waals surface area contributed by atoms with Gasteiger partial charge in [-0.25, -0.2) is 9.97 Å². The zero-order valence-corrected chi connectivity index (χ0v) is 35.7. The van der Waals surface area contributed by atoms with Crippen LogP contribution in [-0.4, -0.2) is 25.6 Å². The Morgan fingerprint density at radius 1 is 0.705 bits per heavy atom. The third-order valence-corrected chi connectivity index (χ3v) is 10.7. The van der Waals surface area contributed by atoms with Crippen LogP contribution in [0.5, 0.6) is 0 Å². The molecule has 4 aromatic carbocycles. The number of hydrogen-bond donors (Lipinski definition) is 0. The van der Waals surface area contributed by atoms with E-state index in [0.717, 1.165) is 53.2 Å². The fourth-order valence-electron chi connectivity index (χ4n) is 8.02. The zero-order valence-electron chi connectivity index (χ0n) is 35.7. The lowest BCUT2D eigenvalue weighted by Crippen LogP contribution is -2.33. The summed E-state index contributed by atoms with van der Waals surface area (Å²) >= 11 is 0. The number of aryl methyl sites for hydroxylation is 2. The van der Waals surface area contributed by atoms with Crippen LogP contribution < -0.4 is 4.90 Å². The van der Waals surface area contributed by atoms with Crippen molar-refractivity contribution in [3.05, 3.63) is 205 Å². The molecule has 6 nitrogen and oxygen atoms in total. The molecule has 0 spiro atoms. The molecule has 302 valence electrons. The van der Waals surface area contributed by atoms with E-state index in [9.17, 15) is 0 Å². The molecule has 3 aromatic heterocycles. The Kier molecular flexibility index (Phi) is 13.7. The molecule has 1 aliphatic carbocycles. The molecule has 0 amide bonds. The predicted octanol–water partition coefficient (Wildman–Crippen LogP) is 13.9. The summed E-state index contributed by atoms with van der Waals surface area (Å²) in [6.07, 6.45) is 21.9. The van der Waals surface area contributed by atoms with Crippen molar-refractivity contribution in [3.63, 3.8) is 0 Å². The monoisotopic (exact) mass is 796 g/mol. The van der Waals surface area contributed by atoms with Gasteiger partial charge in [-0.1, -0.05) is 139 Å². The van der Waals surface area contributed by atoms with Crippen molar-refractivity contribution in [1.29, 1.82) is 5.26 Å². The van der Waals surface area contributed by atoms with Crippen LogP contribution in [0, 0.1) is 18.3 Å². The highest BCUT2D eigenvalue weighted by molar-refractivity contribution is 5.96. The number of nitriles is 1. The first-order chi connectivity index (χ1) is 29.9. The van der Waals surface area contributed by atoms with E-state index in [1.54, 1.807) is 6.07 Å². The van der Waals surface area contributed by atoms with E-state index in [1.807, 2.05) is 62.5 Å². The number of hydrogen-bond acceptors (Lipinski definition) is 5. The van der Waals surface area contributed by atoms with Gasteiger partial charge < -0.3 is 9.47 Å². The summed E-state index contributed by atoms with van der Waals surface area (Å²) in [4.78, 5) is 17.7. The standard InChI is InChI=1S/C47H39N5.C6H10.C2H3N/c1-32-15-14-20-36(29-32)43-30-42(34-17-7-4-8-18-34)49-47(50-43)41-28-26-38(31-48-41)51-33(2)16-6-3-9-19-35-25-27-40-39-23-12-13-24-44(39)52(46(40)45(35)51)37-21-10-5-11-22-37;1-3-5-6-4-2;1-2-3/h3-18,20-24,26,28-31,33H,19,25,27H2,1-2H3;3-6H,1-2H3;1H3/b9-3-,16-6-;5-3-,6-4-;. The number of anilines is 1. The molecule has 1 aliphatic heterocycles. The average molecular weight is 797 g/mol. The first-order valence-electron chi connectivity index (χ1n) is 21.0. The number of fused-ring (bicyclic) bond motifs is 4. The molecule has 0 saturated carbocycles. The third-order valence-electron chi connectivity index (χ3n) is 10.7. The quantitative estimate of drug-likeness (QED) is 0.157. The van der Waals surface area contributed by atoms with Crippen molar-refractivity contribution in [2.45, 2.75) is 59.9 Å². The minimum atomic E-state index is 0.0687. The topological polar surface area (TPSA) is 70.6 Å². The normalized spacial score (nSPS) is 15.6. The summed E-state index contributed by atoms with van der Waals surface area (Å²) in [7, 11) is 0. The van der Waals surface area contributed by atoms with Crippen LogP contribution >= 0.6 is 0 Å². The van der Waals surface area contributed by atoms with Crippen LogP contribution in [0.1, 0.15) is 57.4 Å². The number of pyridine rings is 1. The van der Waals surface area contributed by atoms with Crippen LogP contribution in [0.4, 0.5) is 5.69 Å². The molecule has 0 bridgehead atoms. The first-order valence-corrected chi connectivity index (χ1v) is 21.0. The Bertz CT molecular complexity index is 2770. The molecule has 0 fully saturated rings. The lowest BCUT2D eigenvalue weighted by Gasteiger charge is -2.36. The minimum Gasteiger partial charge on any atom is -0.332 e. The molecule has 9 rings (SSSR count). The van der Waals surface area contributed by atoms with Crippen molar-refractivity contribution < 1.29 is 0 Å². The highest BCUT2D eigenvalue weighted by atomic mass is 15.2. The summed E-state index contributed by atoms with van der Waals surface area (Å²) in [5.41, 5.74) is 14.6. The van der Waals surface area contributed by atoms with E-state index >= 15 is 0 Å². The van der Waals surface area contributed by atoms with E-state index in [4.69, 9.17) is 20.2 Å². The molecule has 0 N–H and O–H groups in total. The third kappa shape index (κ3) is 9.43. The number of benzene rings is 4. The van der Waals surface area contributed by atoms with E-state index in [2.05, 4.69) is 157 Å². The lowest BCUT2D eigenvalue weighted by molar-refractivity contribution is 0.812. The molecule has 0 saturated heterocycles. The fraction of sp³-hybridized carbons (Fsp3) is 0.164. The second kappa shape index (κ2) is 20.1. The molecule has 4 heterocycles. The summed E-state index contributed by atoms with van der Waals surface area (Å²) < 4.78 is 2.47. The highest BCUT2D eigenvalue weighted by Crippen LogP contribution is 2.45. The van der Waals surface area contributed by atoms with Gasteiger partial charge in [0.25, 0.3) is 0 Å². The van der Waals surface area contributed by atoms with Gasteiger partial charge in [0.1, 0.15) is 5.69 Å². The summed E-state index contributed by atoms with van der Waals surface area (Å²) in [6, 6.07) is 46.6. The smallest absolute Gasteiger partial charge is 0.179 e. The van der Waals surface area contributed by atoms with Gasteiger partial charge in [0, 0.05) is 35.2 Å². The van der Waals surface area contributed by atoms with Crippen molar-refractivity contribution >= 4 is 22.3 Å². The SMILES string of the molecule is C/C=C\C=C/C.CC#N.Cc1cccc(-c2cc(-c3ccccc3)nc(-c3ccc(N4C5=C(C/C=C\C=C/C4C)CCc4c5n(-c5ccccc5)c5ccccc45)cn3)n2)c1. The van der Waals surface area contributed by atoms with Gasteiger partial charge in [0.2, 0.25) is 0 Å². The Hall–Kier alpha value is -7.36. The van der Waals surface area contributed by atoms with Gasteiger partial charge in [-0.3, -0.25) is 4.98 Å². The van der Waals surface area contributed by atoms with Crippen molar-refractivity contribution in [3.8, 4) is 45.8 Å². The van der Waals surface area contributed by atoms with Crippen LogP contribution in [0.3, 0.4) is 0 Å². The first kappa shape index (κ1) is 41.8. The number of para-hydroxylation sites is 2. The Morgan fingerprint density at radius 3 is 2.07 bits per heavy atom. The van der Waals surface area contributed by atoms with Gasteiger partial charge >= 0.3 is 0 Å². The van der Waals surface area contributed by atoms with E-state index in [1.165, 1.54) is 51.6 Å². The van der Waals surface area contributed by atoms with Gasteiger partial charge in [0.15, 0.2) is 5.82 Å². The molecular weight excluding hydrogens is 745 g/mol. The van der Waals surface area contributed by atoms with Crippen molar-refractivity contribution in [2.75, 3.05) is 4.90 Å². The summed E-state index contributed by atoms with van der Waals surface area (Å²) in [5, 5.41) is 8.64. The van der Waals surface area contributed by atoms with E-state index in [-0.39, 0.29) is 6.04 Å². The molecule has 61 heavy (non-hydrogen) atoms. The minimum absolute atomic E-state index is 0.0687. The fourth-order valence-corrected chi connectivity index (χ4v) is 8.02. The zero-order chi connectivity index (χ0) is 42.6. The molecule has 2 aliphatic rings. The van der Waals surface area contributed by atoms with Crippen molar-refractivity contribution in [1.82, 2.24) is 19.5 Å². The van der Waals surface area contributed by atoms with Crippen LogP contribution in [0.25, 0.3) is 56.3 Å². The summed E-state index contributed by atoms with van der Waals surface area (Å²) in [6.45, 7) is 9.82. The Labute approximate surface area is 360 Å². The van der Waals surface area contributed by atoms with Gasteiger partial charge in [-0.15, -0.1) is 0 Å². The van der Waals surface area contributed by atoms with Gasteiger partial charge in [-0.2, -0.15) is 5.26 Å². The molecule has 6 heteroatoms. The van der Waals surface area contributed by atoms with E-state index < -0.39 is 0 Å². The van der Waals surface area contributed by atoms with Gasteiger partial charge in [0.05, 0.1) is 46.2 Å². The summed E-state index contributed by atoms with van der Waals surface area (Å²) in [5.74, 6) is 0.607.